The van der Waals surface area contributed by atoms with Crippen molar-refractivity contribution < 1.29 is 14.7 Å². The van der Waals surface area contributed by atoms with Crippen molar-refractivity contribution in [2.24, 2.45) is 0 Å². The molecule has 0 fully saturated rings. The molecule has 20 heavy (non-hydrogen) atoms. The molecule has 5 nitrogen and oxygen atoms in total. The van der Waals surface area contributed by atoms with Crippen molar-refractivity contribution in [1.29, 1.82) is 0 Å². The van der Waals surface area contributed by atoms with E-state index in [4.69, 9.17) is 5.11 Å². The van der Waals surface area contributed by atoms with Crippen LogP contribution >= 0.6 is 0 Å². The van der Waals surface area contributed by atoms with Gasteiger partial charge in [0.15, 0.2) is 0 Å². The van der Waals surface area contributed by atoms with Crippen molar-refractivity contribution in [3.63, 3.8) is 0 Å². The lowest BCUT2D eigenvalue weighted by Crippen LogP contribution is -2.31. The van der Waals surface area contributed by atoms with Crippen molar-refractivity contribution in [1.82, 2.24) is 5.32 Å². The molecule has 0 aromatic heterocycles. The molecule has 0 saturated carbocycles. The van der Waals surface area contributed by atoms with Gasteiger partial charge in [0.2, 0.25) is 11.8 Å². The first-order valence-electron chi connectivity index (χ1n) is 6.27. The second-order valence-electron chi connectivity index (χ2n) is 4.32. The summed E-state index contributed by atoms with van der Waals surface area (Å²) in [7, 11) is 0. The van der Waals surface area contributed by atoms with Crippen LogP contribution in [0.15, 0.2) is 18.2 Å². The molecule has 106 valence electrons. The van der Waals surface area contributed by atoms with E-state index in [1.807, 2.05) is 19.1 Å². The molecule has 0 spiro atoms. The Morgan fingerprint density at radius 1 is 1.30 bits per heavy atom. The molecule has 1 aromatic carbocycles. The van der Waals surface area contributed by atoms with E-state index < -0.39 is 0 Å². The van der Waals surface area contributed by atoms with Gasteiger partial charge >= 0.3 is 0 Å². The molecule has 0 aliphatic carbocycles. The van der Waals surface area contributed by atoms with Crippen LogP contribution in [0.25, 0.3) is 0 Å². The molecule has 0 aliphatic heterocycles. The second kappa shape index (κ2) is 7.97. The van der Waals surface area contributed by atoms with Gasteiger partial charge in [-0.3, -0.25) is 9.59 Å². The molecule has 0 aliphatic rings. The lowest BCUT2D eigenvalue weighted by atomic mass is 10.1. The summed E-state index contributed by atoms with van der Waals surface area (Å²) in [6.07, 6.45) is 0.415. The summed E-state index contributed by atoms with van der Waals surface area (Å²) in [4.78, 5) is 22.3. The summed E-state index contributed by atoms with van der Waals surface area (Å²) in [6, 6.07) is 5.47. The highest BCUT2D eigenvalue weighted by molar-refractivity contribution is 5.94. The number of rotatable bonds is 4. The summed E-state index contributed by atoms with van der Waals surface area (Å²) in [6.45, 7) is 3.23. The Bertz CT molecular complexity index is 556. The number of aliphatic hydroxyl groups excluding tert-OH is 1. The normalized spacial score (nSPS) is 9.35. The van der Waals surface area contributed by atoms with Gasteiger partial charge in [-0.25, -0.2) is 0 Å². The Morgan fingerprint density at radius 3 is 2.70 bits per heavy atom. The Hall–Kier alpha value is -2.32. The molecule has 1 rings (SSSR count). The smallest absolute Gasteiger partial charge is 0.243 e. The largest absolute Gasteiger partial charge is 0.395 e. The SMILES string of the molecule is CC(=O)NCC(=O)Nc1cc(C)cc(C#CCCO)c1. The molecular formula is C15H18N2O3. The highest BCUT2D eigenvalue weighted by Gasteiger charge is 2.04. The number of benzene rings is 1. The predicted octanol–water partition coefficient (Wildman–Crippen LogP) is 0.804. The summed E-state index contributed by atoms with van der Waals surface area (Å²) in [5, 5.41) is 13.8. The molecule has 0 saturated heterocycles. The Balaban J connectivity index is 2.73. The van der Waals surface area contributed by atoms with Crippen molar-refractivity contribution in [2.75, 3.05) is 18.5 Å². The molecule has 1 aromatic rings. The number of carbonyl (C=O) groups excluding carboxylic acids is 2. The Kier molecular flexibility index (Phi) is 6.27. The summed E-state index contributed by atoms with van der Waals surface area (Å²) < 4.78 is 0. The number of carbonyl (C=O) groups is 2. The van der Waals surface area contributed by atoms with Crippen molar-refractivity contribution in [2.45, 2.75) is 20.3 Å². The third-order valence-corrected chi connectivity index (χ3v) is 2.33. The number of hydrogen-bond donors (Lipinski definition) is 3. The molecule has 3 N–H and O–H groups in total. The monoisotopic (exact) mass is 274 g/mol. The van der Waals surface area contributed by atoms with Crippen LogP contribution in [0.3, 0.4) is 0 Å². The molecule has 2 amide bonds. The van der Waals surface area contributed by atoms with Gasteiger partial charge in [0.1, 0.15) is 0 Å². The molecule has 0 unspecified atom stereocenters. The standard InChI is InChI=1S/C15H18N2O3/c1-11-7-13(5-3-4-6-18)9-14(8-11)17-15(20)10-16-12(2)19/h7-9,18H,4,6,10H2,1-2H3,(H,16,19)(H,17,20). The van der Waals surface area contributed by atoms with Gasteiger partial charge in [-0.1, -0.05) is 11.8 Å². The Morgan fingerprint density at radius 2 is 2.05 bits per heavy atom. The average Bonchev–Trinajstić information content (AvgIpc) is 2.36. The third-order valence-electron chi connectivity index (χ3n) is 2.33. The number of hydrogen-bond acceptors (Lipinski definition) is 3. The van der Waals surface area contributed by atoms with Gasteiger partial charge in [-0.05, 0) is 30.7 Å². The zero-order chi connectivity index (χ0) is 15.0. The maximum atomic E-state index is 11.6. The lowest BCUT2D eigenvalue weighted by Gasteiger charge is -2.07. The molecule has 0 bridgehead atoms. The summed E-state index contributed by atoms with van der Waals surface area (Å²) in [5.74, 6) is 5.21. The van der Waals surface area contributed by atoms with Crippen LogP contribution in [-0.2, 0) is 9.59 Å². The number of aliphatic hydroxyl groups is 1. The fraction of sp³-hybridized carbons (Fsp3) is 0.333. The lowest BCUT2D eigenvalue weighted by molar-refractivity contribution is -0.122. The number of aryl methyl sites for hydroxylation is 1. The minimum absolute atomic E-state index is 0.0269. The van der Waals surface area contributed by atoms with Crippen LogP contribution in [0, 0.1) is 18.8 Å². The topological polar surface area (TPSA) is 78.4 Å². The van der Waals surface area contributed by atoms with Crippen LogP contribution < -0.4 is 10.6 Å². The van der Waals surface area contributed by atoms with Crippen LogP contribution in [0.5, 0.6) is 0 Å². The van der Waals surface area contributed by atoms with E-state index in [1.54, 1.807) is 6.07 Å². The van der Waals surface area contributed by atoms with Gasteiger partial charge < -0.3 is 15.7 Å². The van der Waals surface area contributed by atoms with E-state index in [0.717, 1.165) is 11.1 Å². The van der Waals surface area contributed by atoms with E-state index in [2.05, 4.69) is 22.5 Å². The Labute approximate surface area is 118 Å². The quantitative estimate of drug-likeness (QED) is 0.711. The first-order valence-corrected chi connectivity index (χ1v) is 6.27. The zero-order valence-corrected chi connectivity index (χ0v) is 11.6. The minimum atomic E-state index is -0.292. The van der Waals surface area contributed by atoms with E-state index in [0.29, 0.717) is 12.1 Å². The van der Waals surface area contributed by atoms with E-state index in [-0.39, 0.29) is 25.0 Å². The number of amides is 2. The van der Waals surface area contributed by atoms with E-state index in [9.17, 15) is 9.59 Å². The first kappa shape index (κ1) is 15.7. The maximum absolute atomic E-state index is 11.6. The molecule has 0 atom stereocenters. The van der Waals surface area contributed by atoms with Crippen LogP contribution in [0.1, 0.15) is 24.5 Å². The molecular weight excluding hydrogens is 256 g/mol. The van der Waals surface area contributed by atoms with Gasteiger partial charge in [-0.15, -0.1) is 0 Å². The van der Waals surface area contributed by atoms with E-state index in [1.165, 1.54) is 6.92 Å². The van der Waals surface area contributed by atoms with Crippen LogP contribution in [0.2, 0.25) is 0 Å². The predicted molar refractivity (Wildman–Crippen MR) is 77.1 cm³/mol. The third kappa shape index (κ3) is 6.03. The summed E-state index contributed by atoms with van der Waals surface area (Å²) in [5.41, 5.74) is 2.37. The highest BCUT2D eigenvalue weighted by atomic mass is 16.2. The average molecular weight is 274 g/mol. The highest BCUT2D eigenvalue weighted by Crippen LogP contribution is 2.13. The fourth-order valence-electron chi connectivity index (χ4n) is 1.56. The van der Waals surface area contributed by atoms with Crippen molar-refractivity contribution >= 4 is 17.5 Å². The van der Waals surface area contributed by atoms with Crippen LogP contribution in [-0.4, -0.2) is 30.1 Å². The molecule has 0 radical (unpaired) electrons. The zero-order valence-electron chi connectivity index (χ0n) is 11.6. The van der Waals surface area contributed by atoms with Crippen LogP contribution in [0.4, 0.5) is 5.69 Å². The van der Waals surface area contributed by atoms with Gasteiger partial charge in [0.05, 0.1) is 13.2 Å². The van der Waals surface area contributed by atoms with Gasteiger partial charge in [-0.2, -0.15) is 0 Å². The molecule has 5 heteroatoms. The maximum Gasteiger partial charge on any atom is 0.243 e. The van der Waals surface area contributed by atoms with Gasteiger partial charge in [0, 0.05) is 24.6 Å². The number of nitrogens with one attached hydrogen (secondary N) is 2. The second-order valence-corrected chi connectivity index (χ2v) is 4.32. The first-order chi connectivity index (χ1) is 9.51. The fourth-order valence-corrected chi connectivity index (χ4v) is 1.56. The summed E-state index contributed by atoms with van der Waals surface area (Å²) >= 11 is 0. The van der Waals surface area contributed by atoms with E-state index >= 15 is 0 Å². The molecule has 0 heterocycles. The van der Waals surface area contributed by atoms with Crippen molar-refractivity contribution in [3.8, 4) is 11.8 Å². The van der Waals surface area contributed by atoms with Crippen molar-refractivity contribution in [3.05, 3.63) is 29.3 Å². The number of anilines is 1. The van der Waals surface area contributed by atoms with Gasteiger partial charge in [0.25, 0.3) is 0 Å². The minimum Gasteiger partial charge on any atom is -0.395 e.